The zero-order chi connectivity index (χ0) is 21.9. The first-order valence-electron chi connectivity index (χ1n) is 11.0. The summed E-state index contributed by atoms with van der Waals surface area (Å²) in [5, 5.41) is 3.36. The quantitative estimate of drug-likeness (QED) is 0.398. The van der Waals surface area contributed by atoms with Crippen molar-refractivity contribution >= 4 is 11.9 Å². The number of pyridine rings is 1. The van der Waals surface area contributed by atoms with E-state index < -0.39 is 0 Å². The lowest BCUT2D eigenvalue weighted by atomic mass is 9.98. The SMILES string of the molecule is CCNC(=NCc1cccc(OCc2ccccn2)c1)N1CCCC(C(=O)OCC)C1. The number of carbonyl (C=O) groups is 1. The van der Waals surface area contributed by atoms with E-state index in [-0.39, 0.29) is 11.9 Å². The Bertz CT molecular complexity index is 857. The van der Waals surface area contributed by atoms with Gasteiger partial charge in [-0.3, -0.25) is 9.78 Å². The van der Waals surface area contributed by atoms with Crippen LogP contribution >= 0.6 is 0 Å². The van der Waals surface area contributed by atoms with Crippen LogP contribution in [0, 0.1) is 5.92 Å². The van der Waals surface area contributed by atoms with Gasteiger partial charge in [-0.1, -0.05) is 18.2 Å². The first-order valence-corrected chi connectivity index (χ1v) is 11.0. The Morgan fingerprint density at radius 2 is 2.16 bits per heavy atom. The Labute approximate surface area is 184 Å². The number of piperidine rings is 1. The van der Waals surface area contributed by atoms with Crippen LogP contribution in [0.2, 0.25) is 0 Å². The minimum Gasteiger partial charge on any atom is -0.487 e. The smallest absolute Gasteiger partial charge is 0.310 e. The van der Waals surface area contributed by atoms with E-state index in [1.165, 1.54) is 0 Å². The molecule has 0 aliphatic carbocycles. The highest BCUT2D eigenvalue weighted by Gasteiger charge is 2.28. The van der Waals surface area contributed by atoms with Crippen molar-refractivity contribution in [3.05, 3.63) is 59.9 Å². The number of likely N-dealkylation sites (tertiary alicyclic amines) is 1. The van der Waals surface area contributed by atoms with Crippen LogP contribution in [-0.4, -0.2) is 48.1 Å². The molecular weight excluding hydrogens is 392 g/mol. The second kappa shape index (κ2) is 11.9. The number of aliphatic imine (C=N–C) groups is 1. The van der Waals surface area contributed by atoms with E-state index in [0.29, 0.717) is 26.3 Å². The molecule has 166 valence electrons. The van der Waals surface area contributed by atoms with Crippen molar-refractivity contribution in [3.8, 4) is 5.75 Å². The molecule has 7 heteroatoms. The molecule has 1 aliphatic heterocycles. The van der Waals surface area contributed by atoms with Crippen LogP contribution in [0.25, 0.3) is 0 Å². The third-order valence-corrected chi connectivity index (χ3v) is 5.10. The third-order valence-electron chi connectivity index (χ3n) is 5.10. The largest absolute Gasteiger partial charge is 0.487 e. The Balaban J connectivity index is 1.62. The number of carbonyl (C=O) groups excluding carboxylic acids is 1. The van der Waals surface area contributed by atoms with Gasteiger partial charge in [0, 0.05) is 25.8 Å². The minimum absolute atomic E-state index is 0.0964. The van der Waals surface area contributed by atoms with E-state index in [9.17, 15) is 4.79 Å². The lowest BCUT2D eigenvalue weighted by Crippen LogP contribution is -2.48. The maximum Gasteiger partial charge on any atom is 0.310 e. The van der Waals surface area contributed by atoms with E-state index in [4.69, 9.17) is 14.5 Å². The van der Waals surface area contributed by atoms with E-state index in [1.807, 2.05) is 56.3 Å². The van der Waals surface area contributed by atoms with Crippen molar-refractivity contribution in [1.82, 2.24) is 15.2 Å². The molecule has 1 fully saturated rings. The van der Waals surface area contributed by atoms with Crippen molar-refractivity contribution in [2.24, 2.45) is 10.9 Å². The minimum atomic E-state index is -0.110. The van der Waals surface area contributed by atoms with Crippen molar-refractivity contribution in [1.29, 1.82) is 0 Å². The highest BCUT2D eigenvalue weighted by atomic mass is 16.5. The summed E-state index contributed by atoms with van der Waals surface area (Å²) in [7, 11) is 0. The topological polar surface area (TPSA) is 76.1 Å². The van der Waals surface area contributed by atoms with E-state index in [0.717, 1.165) is 48.9 Å². The maximum absolute atomic E-state index is 12.2. The molecule has 1 aliphatic rings. The third kappa shape index (κ3) is 6.98. The van der Waals surface area contributed by atoms with Crippen LogP contribution in [0.15, 0.2) is 53.7 Å². The van der Waals surface area contributed by atoms with Crippen molar-refractivity contribution < 1.29 is 14.3 Å². The monoisotopic (exact) mass is 424 g/mol. The Kier molecular flexibility index (Phi) is 8.70. The van der Waals surface area contributed by atoms with Gasteiger partial charge in [0.1, 0.15) is 12.4 Å². The standard InChI is InChI=1S/C24H32N4O3/c1-3-25-24(28-14-8-10-20(17-28)23(29)30-4-2)27-16-19-9-7-12-22(15-19)31-18-21-11-5-6-13-26-21/h5-7,9,11-13,15,20H,3-4,8,10,14,16-18H2,1-2H3,(H,25,27). The van der Waals surface area contributed by atoms with Crippen LogP contribution in [0.5, 0.6) is 5.75 Å². The zero-order valence-electron chi connectivity index (χ0n) is 18.4. The fraction of sp³-hybridized carbons (Fsp3) is 0.458. The van der Waals surface area contributed by atoms with Gasteiger partial charge in [0.05, 0.1) is 24.8 Å². The number of hydrogen-bond acceptors (Lipinski definition) is 5. The van der Waals surface area contributed by atoms with Crippen LogP contribution in [0.3, 0.4) is 0 Å². The van der Waals surface area contributed by atoms with Gasteiger partial charge in [-0.05, 0) is 56.5 Å². The Morgan fingerprint density at radius 3 is 2.94 bits per heavy atom. The number of aromatic nitrogens is 1. The zero-order valence-corrected chi connectivity index (χ0v) is 18.4. The normalized spacial score (nSPS) is 16.6. The molecule has 2 aromatic rings. The Morgan fingerprint density at radius 1 is 1.26 bits per heavy atom. The molecule has 1 atom stereocenters. The van der Waals surface area contributed by atoms with Gasteiger partial charge in [-0.15, -0.1) is 0 Å². The van der Waals surface area contributed by atoms with Crippen molar-refractivity contribution in [2.45, 2.75) is 39.8 Å². The summed E-state index contributed by atoms with van der Waals surface area (Å²) in [6, 6.07) is 13.7. The average molecular weight is 425 g/mol. The number of esters is 1. The molecular formula is C24H32N4O3. The maximum atomic E-state index is 12.2. The summed E-state index contributed by atoms with van der Waals surface area (Å²) in [4.78, 5) is 23.4. The summed E-state index contributed by atoms with van der Waals surface area (Å²) in [6.45, 7) is 7.57. The Hall–Kier alpha value is -3.09. The number of guanidine groups is 1. The first kappa shape index (κ1) is 22.6. The summed E-state index contributed by atoms with van der Waals surface area (Å²) in [5.41, 5.74) is 1.95. The summed E-state index contributed by atoms with van der Waals surface area (Å²) in [5.74, 6) is 1.42. The summed E-state index contributed by atoms with van der Waals surface area (Å²) >= 11 is 0. The molecule has 1 aromatic heterocycles. The number of hydrogen-bond donors (Lipinski definition) is 1. The van der Waals surface area contributed by atoms with Crippen LogP contribution in [0.4, 0.5) is 0 Å². The van der Waals surface area contributed by atoms with Crippen molar-refractivity contribution in [2.75, 3.05) is 26.2 Å². The molecule has 1 aromatic carbocycles. The molecule has 0 saturated carbocycles. The van der Waals surface area contributed by atoms with E-state index in [2.05, 4.69) is 15.2 Å². The van der Waals surface area contributed by atoms with Crippen LogP contribution < -0.4 is 10.1 Å². The molecule has 0 amide bonds. The van der Waals surface area contributed by atoms with E-state index in [1.54, 1.807) is 6.20 Å². The molecule has 1 N–H and O–H groups in total. The van der Waals surface area contributed by atoms with Gasteiger partial charge >= 0.3 is 5.97 Å². The number of nitrogens with zero attached hydrogens (tertiary/aromatic N) is 3. The number of rotatable bonds is 8. The van der Waals surface area contributed by atoms with Crippen LogP contribution in [0.1, 0.15) is 37.9 Å². The number of ether oxygens (including phenoxy) is 2. The fourth-order valence-corrected chi connectivity index (χ4v) is 3.59. The van der Waals surface area contributed by atoms with Gasteiger partial charge in [0.2, 0.25) is 0 Å². The number of nitrogens with one attached hydrogen (secondary N) is 1. The van der Waals surface area contributed by atoms with Crippen LogP contribution in [-0.2, 0) is 22.7 Å². The predicted molar refractivity (Wildman–Crippen MR) is 121 cm³/mol. The lowest BCUT2D eigenvalue weighted by molar-refractivity contribution is -0.149. The van der Waals surface area contributed by atoms with E-state index >= 15 is 0 Å². The molecule has 0 spiro atoms. The second-order valence-electron chi connectivity index (χ2n) is 7.46. The average Bonchev–Trinajstić information content (AvgIpc) is 2.81. The van der Waals surface area contributed by atoms with Gasteiger partial charge < -0.3 is 19.7 Å². The highest BCUT2D eigenvalue weighted by Crippen LogP contribution is 2.19. The van der Waals surface area contributed by atoms with Gasteiger partial charge in [-0.25, -0.2) is 4.99 Å². The number of benzene rings is 1. The fourth-order valence-electron chi connectivity index (χ4n) is 3.59. The van der Waals surface area contributed by atoms with Gasteiger partial charge in [-0.2, -0.15) is 0 Å². The van der Waals surface area contributed by atoms with Gasteiger partial charge in [0.25, 0.3) is 0 Å². The summed E-state index contributed by atoms with van der Waals surface area (Å²) in [6.07, 6.45) is 3.58. The molecule has 1 unspecified atom stereocenters. The molecule has 3 rings (SSSR count). The molecule has 1 saturated heterocycles. The molecule has 2 heterocycles. The van der Waals surface area contributed by atoms with Crippen molar-refractivity contribution in [3.63, 3.8) is 0 Å². The molecule has 0 radical (unpaired) electrons. The lowest BCUT2D eigenvalue weighted by Gasteiger charge is -2.34. The molecule has 31 heavy (non-hydrogen) atoms. The van der Waals surface area contributed by atoms with Gasteiger partial charge in [0.15, 0.2) is 5.96 Å². The highest BCUT2D eigenvalue weighted by molar-refractivity contribution is 5.81. The molecule has 7 nitrogen and oxygen atoms in total. The predicted octanol–water partition coefficient (Wildman–Crippen LogP) is 3.40. The summed E-state index contributed by atoms with van der Waals surface area (Å²) < 4.78 is 11.1. The second-order valence-corrected chi connectivity index (χ2v) is 7.46. The first-order chi connectivity index (χ1) is 15.2. The molecule has 0 bridgehead atoms.